The van der Waals surface area contributed by atoms with E-state index in [0.717, 1.165) is 44.5 Å². The fourth-order valence-corrected chi connectivity index (χ4v) is 5.32. The first-order chi connectivity index (χ1) is 21.7. The van der Waals surface area contributed by atoms with Crippen LogP contribution in [0.25, 0.3) is 16.7 Å². The van der Waals surface area contributed by atoms with Crippen LogP contribution in [0.2, 0.25) is 0 Å². The topological polar surface area (TPSA) is 184 Å². The van der Waals surface area contributed by atoms with Gasteiger partial charge in [-0.1, -0.05) is 12.1 Å². The fourth-order valence-electron chi connectivity index (χ4n) is 5.32. The van der Waals surface area contributed by atoms with Gasteiger partial charge in [-0.3, -0.25) is 9.36 Å². The number of fused-ring (bicyclic) bond motifs is 3. The normalized spacial score (nSPS) is 13.8. The molecule has 0 unspecified atom stereocenters. The first-order valence-electron chi connectivity index (χ1n) is 14.4. The third-order valence-corrected chi connectivity index (χ3v) is 7.59. The maximum absolute atomic E-state index is 14.0. The molecule has 0 radical (unpaired) electrons. The van der Waals surface area contributed by atoms with Crippen LogP contribution in [-0.2, 0) is 24.8 Å². The highest BCUT2D eigenvalue weighted by Crippen LogP contribution is 2.35. The molecule has 5 aromatic rings. The molecule has 1 aliphatic carbocycles. The number of amides is 1. The molecule has 0 spiro atoms. The highest BCUT2D eigenvalue weighted by molar-refractivity contribution is 5.96. The van der Waals surface area contributed by atoms with Crippen LogP contribution in [0.4, 0.5) is 4.39 Å². The molecule has 3 heterocycles. The van der Waals surface area contributed by atoms with Crippen molar-refractivity contribution in [2.75, 3.05) is 0 Å². The van der Waals surface area contributed by atoms with Crippen LogP contribution in [0, 0.1) is 12.7 Å². The Morgan fingerprint density at radius 1 is 1.19 bits per heavy atom. The van der Waals surface area contributed by atoms with Gasteiger partial charge in [0.15, 0.2) is 22.7 Å². The number of nitrogens with one attached hydrogen (secondary N) is 1. The minimum Gasteiger partial charge on any atom is -0.477 e. The summed E-state index contributed by atoms with van der Waals surface area (Å²) in [5, 5.41) is 16.0. The summed E-state index contributed by atoms with van der Waals surface area (Å²) in [7, 11) is 1.68. The zero-order valence-corrected chi connectivity index (χ0v) is 27.1. The number of rotatable bonds is 5. The van der Waals surface area contributed by atoms with E-state index < -0.39 is 35.0 Å². The van der Waals surface area contributed by atoms with Crippen molar-refractivity contribution in [2.24, 2.45) is 12.8 Å². The number of benzene rings is 2. The number of nitrogens with two attached hydrogens (primary N) is 1. The Balaban J connectivity index is 0.000000298. The Morgan fingerprint density at radius 3 is 2.57 bits per heavy atom. The molecule has 13 nitrogen and oxygen atoms in total. The lowest BCUT2D eigenvalue weighted by Crippen LogP contribution is -2.29. The number of aryl methyl sites for hydroxylation is 1. The number of oxazole rings is 1. The van der Waals surface area contributed by atoms with E-state index in [1.165, 1.54) is 4.57 Å². The number of aromatic carboxylic acids is 1. The molecule has 0 fully saturated rings. The van der Waals surface area contributed by atoms with Gasteiger partial charge in [-0.2, -0.15) is 5.10 Å². The third kappa shape index (κ3) is 7.03. The van der Waals surface area contributed by atoms with Crippen molar-refractivity contribution in [3.05, 3.63) is 98.2 Å². The molecule has 47 heavy (non-hydrogen) atoms. The summed E-state index contributed by atoms with van der Waals surface area (Å²) < 4.78 is 26.9. The summed E-state index contributed by atoms with van der Waals surface area (Å²) in [5.41, 5.74) is 9.39. The molecule has 1 aliphatic rings. The number of aromatic nitrogens is 4. The van der Waals surface area contributed by atoms with Gasteiger partial charge in [0.25, 0.3) is 5.91 Å². The Bertz CT molecular complexity index is 2080. The number of halogens is 2. The van der Waals surface area contributed by atoms with E-state index in [0.29, 0.717) is 30.5 Å². The Kier molecular flexibility index (Phi) is 9.87. The molecule has 4 N–H and O–H groups in total. The monoisotopic (exact) mass is 668 g/mol. The van der Waals surface area contributed by atoms with Crippen LogP contribution >= 0.6 is 12.4 Å². The number of carbonyl (C=O) groups excluding carboxylic acids is 2. The molecule has 2 aromatic carbocycles. The average molecular weight is 669 g/mol. The number of hydrogen-bond acceptors (Lipinski definition) is 9. The molecule has 1 atom stereocenters. The molecular formula is C32H34ClFN6O7. The number of nitrogens with zero attached hydrogens (tertiary/aromatic N) is 4. The van der Waals surface area contributed by atoms with Crippen molar-refractivity contribution in [3.63, 3.8) is 0 Å². The first kappa shape index (κ1) is 34.8. The second-order valence-corrected chi connectivity index (χ2v) is 11.9. The minimum absolute atomic E-state index is 0. The molecular weight excluding hydrogens is 635 g/mol. The Hall–Kier alpha value is -5.08. The van der Waals surface area contributed by atoms with Crippen LogP contribution in [0.15, 0.2) is 51.8 Å². The maximum Gasteiger partial charge on any atom is 0.419 e. The third-order valence-electron chi connectivity index (χ3n) is 7.59. The van der Waals surface area contributed by atoms with Crippen LogP contribution in [0.1, 0.15) is 86.8 Å². The van der Waals surface area contributed by atoms with Gasteiger partial charge >= 0.3 is 17.7 Å². The summed E-state index contributed by atoms with van der Waals surface area (Å²) in [4.78, 5) is 51.8. The van der Waals surface area contributed by atoms with Crippen LogP contribution in [-0.4, -0.2) is 47.7 Å². The highest BCUT2D eigenvalue weighted by atomic mass is 35.5. The molecule has 6 rings (SSSR count). The van der Waals surface area contributed by atoms with Crippen molar-refractivity contribution in [3.8, 4) is 0 Å². The van der Waals surface area contributed by atoms with E-state index in [1.54, 1.807) is 46.0 Å². The van der Waals surface area contributed by atoms with E-state index in [-0.39, 0.29) is 35.5 Å². The highest BCUT2D eigenvalue weighted by Gasteiger charge is 2.30. The lowest BCUT2D eigenvalue weighted by atomic mass is 9.97. The fraction of sp³-hybridized carbons (Fsp3) is 0.312. The predicted octanol–water partition coefficient (Wildman–Crippen LogP) is 4.26. The first-order valence-corrected chi connectivity index (χ1v) is 14.4. The standard InChI is InChI=1S/C23H23FN4O5.C9H10N2O2.ClH/c1-11-12-7-8-16(14(12)6-5-13(11)22(32)33-23(2,3)4)27-20(29)18-9-17(21(30)31)26-19-15(24)10-25-28(18)19;1-11-7-4-6(5-10)2-3-8(7)13-9(11)12;/h5-6,9-10,16H,7-8H2,1-4H3,(H,27,29)(H,30,31);2-4H,5,10H2,1H3;1H/t16-;;/m0../s1. The zero-order chi connectivity index (χ0) is 33.5. The van der Waals surface area contributed by atoms with Crippen molar-refractivity contribution >= 4 is 47.0 Å². The van der Waals surface area contributed by atoms with Crippen molar-refractivity contribution in [1.29, 1.82) is 0 Å². The van der Waals surface area contributed by atoms with E-state index in [2.05, 4.69) is 15.4 Å². The maximum atomic E-state index is 14.0. The van der Waals surface area contributed by atoms with Gasteiger partial charge in [-0.15, -0.1) is 12.4 Å². The number of esters is 1. The summed E-state index contributed by atoms with van der Waals surface area (Å²) in [6.07, 6.45) is 2.11. The van der Waals surface area contributed by atoms with Gasteiger partial charge in [0.2, 0.25) is 0 Å². The molecule has 1 amide bonds. The molecule has 0 saturated heterocycles. The summed E-state index contributed by atoms with van der Waals surface area (Å²) >= 11 is 0. The SMILES string of the molecule is Cc1c(C(=O)OC(C)(C)C)ccc2c1CC[C@@H]2NC(=O)c1cc(C(=O)O)nc2c(F)cnn12.Cl.Cn1c(=O)oc2ccc(CN)cc21. The number of carboxylic acids is 1. The lowest BCUT2D eigenvalue weighted by molar-refractivity contribution is 0.00682. The zero-order valence-electron chi connectivity index (χ0n) is 26.3. The Morgan fingerprint density at radius 2 is 1.91 bits per heavy atom. The van der Waals surface area contributed by atoms with Crippen molar-refractivity contribution < 1.29 is 33.0 Å². The van der Waals surface area contributed by atoms with Gasteiger partial charge in [0.05, 0.1) is 23.3 Å². The van der Waals surface area contributed by atoms with Gasteiger partial charge in [-0.05, 0) is 81.0 Å². The smallest absolute Gasteiger partial charge is 0.419 e. The number of carbonyl (C=O) groups is 3. The van der Waals surface area contributed by atoms with Crippen molar-refractivity contribution in [1.82, 2.24) is 24.5 Å². The van der Waals surface area contributed by atoms with Gasteiger partial charge < -0.3 is 25.3 Å². The molecule has 0 aliphatic heterocycles. The summed E-state index contributed by atoms with van der Waals surface area (Å²) in [5.74, 6) is -3.58. The number of ether oxygens (including phenoxy) is 1. The molecule has 15 heteroatoms. The summed E-state index contributed by atoms with van der Waals surface area (Å²) in [6, 6.07) is 9.64. The van der Waals surface area contributed by atoms with E-state index in [1.807, 2.05) is 19.1 Å². The molecule has 0 saturated carbocycles. The predicted molar refractivity (Wildman–Crippen MR) is 171 cm³/mol. The van der Waals surface area contributed by atoms with E-state index in [9.17, 15) is 28.7 Å². The molecule has 248 valence electrons. The second-order valence-electron chi connectivity index (χ2n) is 11.9. The van der Waals surface area contributed by atoms with Gasteiger partial charge in [0, 0.05) is 19.7 Å². The van der Waals surface area contributed by atoms with Crippen LogP contribution in [0.3, 0.4) is 0 Å². The summed E-state index contributed by atoms with van der Waals surface area (Å²) in [6.45, 7) is 7.72. The van der Waals surface area contributed by atoms with Gasteiger partial charge in [0.1, 0.15) is 11.3 Å². The van der Waals surface area contributed by atoms with Crippen LogP contribution < -0.4 is 16.8 Å². The van der Waals surface area contributed by atoms with Gasteiger partial charge in [-0.25, -0.2) is 28.3 Å². The number of carboxylic acid groups (broad SMARTS) is 1. The lowest BCUT2D eigenvalue weighted by Gasteiger charge is -2.21. The van der Waals surface area contributed by atoms with E-state index in [4.69, 9.17) is 14.9 Å². The largest absolute Gasteiger partial charge is 0.477 e. The quantitative estimate of drug-likeness (QED) is 0.229. The van der Waals surface area contributed by atoms with E-state index >= 15 is 0 Å². The van der Waals surface area contributed by atoms with Crippen molar-refractivity contribution in [2.45, 2.75) is 58.7 Å². The second kappa shape index (κ2) is 13.3. The minimum atomic E-state index is -1.39. The average Bonchev–Trinajstić information content (AvgIpc) is 3.67. The molecule has 0 bridgehead atoms. The van der Waals surface area contributed by atoms with Crippen LogP contribution in [0.5, 0.6) is 0 Å². The Labute approximate surface area is 273 Å². The molecule has 3 aromatic heterocycles. The number of hydrogen-bond donors (Lipinski definition) is 3.